The van der Waals surface area contributed by atoms with E-state index in [1.54, 1.807) is 0 Å². The number of alkyl halides is 3. The van der Waals surface area contributed by atoms with Gasteiger partial charge in [0, 0.05) is 11.8 Å². The normalized spacial score (nSPS) is 14.9. The molecule has 35 heavy (non-hydrogen) atoms. The topological polar surface area (TPSA) is 164 Å². The first-order valence-electron chi connectivity index (χ1n) is 10.2. The van der Waals surface area contributed by atoms with E-state index in [4.69, 9.17) is 5.26 Å². The number of aliphatic hydroxyl groups is 2. The fraction of sp³-hybridized carbons (Fsp3) is 0.273. The summed E-state index contributed by atoms with van der Waals surface area (Å²) in [6.07, 6.45) is -3.34. The van der Waals surface area contributed by atoms with Gasteiger partial charge in [0.1, 0.15) is 6.07 Å². The Balaban J connectivity index is 1.51. The Hall–Kier alpha value is -4.15. The number of nitrogens with zero attached hydrogens (tertiary/aromatic N) is 3. The predicted octanol–water partition coefficient (Wildman–Crippen LogP) is 1.57. The van der Waals surface area contributed by atoms with Crippen molar-refractivity contribution in [2.45, 2.75) is 36.8 Å². The first-order valence-corrected chi connectivity index (χ1v) is 10.2. The first-order chi connectivity index (χ1) is 16.4. The number of rotatable bonds is 6. The number of pyridine rings is 1. The fourth-order valence-corrected chi connectivity index (χ4v) is 3.63. The van der Waals surface area contributed by atoms with Crippen LogP contribution in [-0.2, 0) is 22.5 Å². The van der Waals surface area contributed by atoms with Gasteiger partial charge in [0.15, 0.2) is 5.82 Å². The van der Waals surface area contributed by atoms with Crippen LogP contribution in [0.3, 0.4) is 0 Å². The molecule has 1 saturated carbocycles. The maximum absolute atomic E-state index is 13.3. The van der Waals surface area contributed by atoms with Gasteiger partial charge in [-0.2, -0.15) is 18.4 Å². The van der Waals surface area contributed by atoms with E-state index >= 15 is 0 Å². The van der Waals surface area contributed by atoms with E-state index in [1.807, 2.05) is 11.4 Å². The largest absolute Gasteiger partial charge is 0.500 e. The minimum Gasteiger partial charge on any atom is -0.500 e. The van der Waals surface area contributed by atoms with Crippen molar-refractivity contribution >= 4 is 11.7 Å². The maximum atomic E-state index is 13.3. The zero-order valence-electron chi connectivity index (χ0n) is 17.8. The number of hydrogen-bond acceptors (Lipinski definition) is 7. The third-order valence-corrected chi connectivity index (χ3v) is 5.89. The maximum Gasteiger partial charge on any atom is 0.398 e. The highest BCUT2D eigenvalue weighted by atomic mass is 19.4. The number of benzene rings is 1. The van der Waals surface area contributed by atoms with Crippen molar-refractivity contribution in [3.05, 3.63) is 75.3 Å². The van der Waals surface area contributed by atoms with Gasteiger partial charge in [0.05, 0.1) is 23.2 Å². The third kappa shape index (κ3) is 4.25. The molecule has 0 saturated heterocycles. The third-order valence-electron chi connectivity index (χ3n) is 5.89. The van der Waals surface area contributed by atoms with E-state index in [2.05, 4.69) is 10.1 Å². The first kappa shape index (κ1) is 24.0. The van der Waals surface area contributed by atoms with Gasteiger partial charge in [0.25, 0.3) is 11.7 Å². The Bertz CT molecular complexity index is 1360. The number of aromatic nitrogens is 3. The van der Waals surface area contributed by atoms with E-state index in [0.717, 1.165) is 28.9 Å². The average molecular weight is 489 g/mol. The summed E-state index contributed by atoms with van der Waals surface area (Å²) in [6, 6.07) is 8.96. The lowest BCUT2D eigenvalue weighted by molar-refractivity contribution is -0.184. The molecule has 1 fully saturated rings. The molecule has 1 amide bonds. The molecule has 0 unspecified atom stereocenters. The van der Waals surface area contributed by atoms with Crippen LogP contribution in [-0.4, -0.2) is 42.2 Å². The summed E-state index contributed by atoms with van der Waals surface area (Å²) in [5.74, 6) is -6.11. The second-order valence-electron chi connectivity index (χ2n) is 8.16. The van der Waals surface area contributed by atoms with Crippen LogP contribution in [0.2, 0.25) is 0 Å². The van der Waals surface area contributed by atoms with Crippen molar-refractivity contribution < 1.29 is 33.3 Å². The number of carbonyl (C=O) groups is 1. The molecular weight excluding hydrogens is 471 g/mol. The summed E-state index contributed by atoms with van der Waals surface area (Å²) in [6.45, 7) is -0.167. The monoisotopic (exact) mass is 489 g/mol. The van der Waals surface area contributed by atoms with Crippen LogP contribution in [0.5, 0.6) is 5.75 Å². The number of anilines is 1. The highest BCUT2D eigenvalue weighted by Gasteiger charge is 2.64. The number of nitriles is 1. The molecule has 182 valence electrons. The molecule has 13 heteroatoms. The lowest BCUT2D eigenvalue weighted by atomic mass is 9.93. The van der Waals surface area contributed by atoms with E-state index in [1.165, 1.54) is 18.3 Å². The zero-order chi connectivity index (χ0) is 25.6. The summed E-state index contributed by atoms with van der Waals surface area (Å²) in [4.78, 5) is 28.8. The van der Waals surface area contributed by atoms with E-state index in [0.29, 0.717) is 11.3 Å². The summed E-state index contributed by atoms with van der Waals surface area (Å²) >= 11 is 0. The summed E-state index contributed by atoms with van der Waals surface area (Å²) < 4.78 is 40.8. The Labute approximate surface area is 194 Å². The highest BCUT2D eigenvalue weighted by molar-refractivity contribution is 5.96. The Morgan fingerprint density at radius 3 is 2.37 bits per heavy atom. The molecule has 1 aromatic carbocycles. The second kappa shape index (κ2) is 8.26. The highest BCUT2D eigenvalue weighted by Crippen LogP contribution is 2.58. The van der Waals surface area contributed by atoms with Gasteiger partial charge in [0.2, 0.25) is 5.75 Å². The molecule has 3 aromatic rings. The van der Waals surface area contributed by atoms with Gasteiger partial charge in [-0.3, -0.25) is 19.7 Å². The fourth-order valence-electron chi connectivity index (χ4n) is 3.63. The van der Waals surface area contributed by atoms with Gasteiger partial charge < -0.3 is 20.6 Å². The minimum absolute atomic E-state index is 0.0552. The van der Waals surface area contributed by atoms with Crippen molar-refractivity contribution in [2.24, 2.45) is 0 Å². The van der Waals surface area contributed by atoms with E-state index < -0.39 is 46.0 Å². The number of hydrogen-bond donors (Lipinski definition) is 5. The van der Waals surface area contributed by atoms with Crippen molar-refractivity contribution in [3.63, 3.8) is 0 Å². The quantitative estimate of drug-likeness (QED) is 0.328. The van der Waals surface area contributed by atoms with Gasteiger partial charge in [-0.15, -0.1) is 0 Å². The molecule has 1 aliphatic rings. The molecule has 1 aliphatic carbocycles. The van der Waals surface area contributed by atoms with Crippen LogP contribution in [0.1, 0.15) is 35.2 Å². The van der Waals surface area contributed by atoms with Crippen molar-refractivity contribution in [1.29, 1.82) is 5.26 Å². The van der Waals surface area contributed by atoms with Gasteiger partial charge >= 0.3 is 11.7 Å². The van der Waals surface area contributed by atoms with E-state index in [-0.39, 0.29) is 24.9 Å². The summed E-state index contributed by atoms with van der Waals surface area (Å²) in [7, 11) is 0. The number of halogens is 3. The van der Waals surface area contributed by atoms with Crippen molar-refractivity contribution in [2.75, 3.05) is 5.32 Å². The molecule has 0 bridgehead atoms. The lowest BCUT2D eigenvalue weighted by Crippen LogP contribution is -2.40. The van der Waals surface area contributed by atoms with Crippen LogP contribution in [0.15, 0.2) is 47.4 Å². The Morgan fingerprint density at radius 2 is 1.86 bits per heavy atom. The molecule has 5 N–H and O–H groups in total. The summed E-state index contributed by atoms with van der Waals surface area (Å²) in [5, 5.41) is 43.9. The van der Waals surface area contributed by atoms with Gasteiger partial charge in [-0.1, -0.05) is 24.3 Å². The number of amides is 1. The predicted molar refractivity (Wildman–Crippen MR) is 113 cm³/mol. The van der Waals surface area contributed by atoms with Crippen LogP contribution < -0.4 is 10.9 Å². The number of carbonyl (C=O) groups excluding carboxylic acids is 1. The minimum atomic E-state index is -4.45. The second-order valence-corrected chi connectivity index (χ2v) is 8.16. The standard InChI is InChI=1S/C22H18F3N5O5/c23-22(24,25)20(7-8-20)13-2-4-14(5-3-13)21(34,35)19(33)28-17-16(31)18(32)30(29-17)11-15-6-1-12(9-26)10-27-15/h1-6,10,29,31,34-35H,7-8,11H2,(H,28,33). The SMILES string of the molecule is N#Cc1ccc(Cn2[nH]c(NC(=O)C(O)(O)c3ccc(C4(C(F)(F)F)CC4)cc3)c(O)c2=O)nc1. The molecular formula is C22H18F3N5O5. The molecule has 2 heterocycles. The number of H-pyrrole nitrogens is 1. The Kier molecular flexibility index (Phi) is 5.66. The number of nitrogens with one attached hydrogen (secondary N) is 2. The summed E-state index contributed by atoms with van der Waals surface area (Å²) in [5.41, 5.74) is -2.75. The molecule has 10 nitrogen and oxygen atoms in total. The molecule has 0 spiro atoms. The molecule has 4 rings (SSSR count). The molecule has 0 aliphatic heterocycles. The molecule has 2 aromatic heterocycles. The van der Waals surface area contributed by atoms with Gasteiger partial charge in [-0.25, -0.2) is 4.68 Å². The smallest absolute Gasteiger partial charge is 0.398 e. The number of aromatic amines is 1. The van der Waals surface area contributed by atoms with Crippen molar-refractivity contribution in [1.82, 2.24) is 14.8 Å². The molecule has 0 radical (unpaired) electrons. The zero-order valence-corrected chi connectivity index (χ0v) is 17.8. The lowest BCUT2D eigenvalue weighted by Gasteiger charge is -2.23. The van der Waals surface area contributed by atoms with Crippen LogP contribution >= 0.6 is 0 Å². The molecule has 0 atom stereocenters. The average Bonchev–Trinajstić information content (AvgIpc) is 3.61. The van der Waals surface area contributed by atoms with Crippen LogP contribution in [0, 0.1) is 11.3 Å². The van der Waals surface area contributed by atoms with Crippen LogP contribution in [0.25, 0.3) is 0 Å². The Morgan fingerprint density at radius 1 is 1.20 bits per heavy atom. The number of aromatic hydroxyl groups is 1. The van der Waals surface area contributed by atoms with Crippen molar-refractivity contribution in [3.8, 4) is 11.8 Å². The van der Waals surface area contributed by atoms with Gasteiger partial charge in [-0.05, 0) is 30.5 Å². The van der Waals surface area contributed by atoms with Crippen LogP contribution in [0.4, 0.5) is 19.0 Å². The van der Waals surface area contributed by atoms with E-state index in [9.17, 15) is 38.1 Å².